The first-order valence-electron chi connectivity index (χ1n) is 7.55. The van der Waals surface area contributed by atoms with Gasteiger partial charge in [0, 0.05) is 6.54 Å². The van der Waals surface area contributed by atoms with E-state index < -0.39 is 22.0 Å². The van der Waals surface area contributed by atoms with Crippen molar-refractivity contribution in [3.8, 4) is 0 Å². The van der Waals surface area contributed by atoms with Crippen LogP contribution in [0.2, 0.25) is 0 Å². The minimum absolute atomic E-state index is 0.0143. The molecule has 0 amide bonds. The van der Waals surface area contributed by atoms with Gasteiger partial charge >= 0.3 is 5.97 Å². The molecule has 1 aliphatic rings. The monoisotopic (exact) mass is 325 g/mol. The van der Waals surface area contributed by atoms with Gasteiger partial charge in [-0.25, -0.2) is 8.42 Å². The van der Waals surface area contributed by atoms with Crippen LogP contribution in [0.1, 0.15) is 45.6 Å². The van der Waals surface area contributed by atoms with Crippen molar-refractivity contribution in [3.63, 3.8) is 0 Å². The van der Waals surface area contributed by atoms with Crippen LogP contribution in [0.3, 0.4) is 0 Å². The van der Waals surface area contributed by atoms with Gasteiger partial charge in [0.25, 0.3) is 0 Å². The smallest absolute Gasteiger partial charge is 0.322 e. The number of hydrogen-bond donors (Lipinski definition) is 1. The number of carboxylic acids is 1. The second-order valence-corrected chi connectivity index (χ2v) is 8.26. The molecule has 1 heterocycles. The molecule has 6 heteroatoms. The van der Waals surface area contributed by atoms with E-state index >= 15 is 0 Å². The molecule has 0 saturated carbocycles. The molecule has 0 spiro atoms. The Hall–Kier alpha value is -1.40. The first kappa shape index (κ1) is 17.0. The topological polar surface area (TPSA) is 74.7 Å². The average Bonchev–Trinajstić information content (AvgIpc) is 2.98. The lowest BCUT2D eigenvalue weighted by atomic mass is 9.82. The molecule has 5 nitrogen and oxygen atoms in total. The summed E-state index contributed by atoms with van der Waals surface area (Å²) in [4.78, 5) is 11.4. The number of sulfonamides is 1. The lowest BCUT2D eigenvalue weighted by molar-refractivity contribution is -0.140. The number of nitrogens with zero attached hydrogens (tertiary/aromatic N) is 1. The molecular weight excluding hydrogens is 302 g/mol. The highest BCUT2D eigenvalue weighted by molar-refractivity contribution is 7.89. The molecule has 1 saturated heterocycles. The highest BCUT2D eigenvalue weighted by atomic mass is 32.2. The van der Waals surface area contributed by atoms with Crippen LogP contribution < -0.4 is 0 Å². The summed E-state index contributed by atoms with van der Waals surface area (Å²) >= 11 is 0. The molecule has 1 aliphatic heterocycles. The molecular formula is C16H23NO4S. The van der Waals surface area contributed by atoms with Crippen LogP contribution in [-0.2, 0) is 20.2 Å². The Labute approximate surface area is 132 Å². The van der Waals surface area contributed by atoms with E-state index in [9.17, 15) is 18.3 Å². The molecule has 1 unspecified atom stereocenters. The van der Waals surface area contributed by atoms with Gasteiger partial charge in [-0.1, -0.05) is 32.9 Å². The molecule has 22 heavy (non-hydrogen) atoms. The Balaban J connectivity index is 2.33. The third-order valence-electron chi connectivity index (χ3n) is 4.62. The van der Waals surface area contributed by atoms with E-state index in [-0.39, 0.29) is 16.9 Å². The maximum atomic E-state index is 12.6. The third-order valence-corrected chi connectivity index (χ3v) is 6.54. The van der Waals surface area contributed by atoms with Crippen LogP contribution in [0.15, 0.2) is 29.2 Å². The van der Waals surface area contributed by atoms with Gasteiger partial charge in [0.05, 0.1) is 4.90 Å². The molecule has 1 fully saturated rings. The third kappa shape index (κ3) is 3.03. The number of hydrogen-bond acceptors (Lipinski definition) is 3. The highest BCUT2D eigenvalue weighted by Gasteiger charge is 2.39. The summed E-state index contributed by atoms with van der Waals surface area (Å²) in [6.45, 7) is 6.57. The Morgan fingerprint density at radius 1 is 1.32 bits per heavy atom. The van der Waals surface area contributed by atoms with E-state index in [1.165, 1.54) is 0 Å². The van der Waals surface area contributed by atoms with E-state index in [1.54, 1.807) is 12.1 Å². The number of aliphatic carboxylic acids is 1. The van der Waals surface area contributed by atoms with Gasteiger partial charge in [0.2, 0.25) is 10.0 Å². The highest BCUT2D eigenvalue weighted by Crippen LogP contribution is 2.30. The van der Waals surface area contributed by atoms with Crippen molar-refractivity contribution in [1.82, 2.24) is 4.31 Å². The minimum atomic E-state index is -3.75. The molecule has 122 valence electrons. The van der Waals surface area contributed by atoms with Crippen molar-refractivity contribution in [1.29, 1.82) is 0 Å². The minimum Gasteiger partial charge on any atom is -0.480 e. The van der Waals surface area contributed by atoms with E-state index in [1.807, 2.05) is 12.1 Å². The quantitative estimate of drug-likeness (QED) is 0.903. The number of carbonyl (C=O) groups is 1. The summed E-state index contributed by atoms with van der Waals surface area (Å²) in [5.74, 6) is -1.08. The van der Waals surface area contributed by atoms with Gasteiger partial charge in [-0.2, -0.15) is 4.31 Å². The van der Waals surface area contributed by atoms with Crippen molar-refractivity contribution in [2.45, 2.75) is 56.4 Å². The Morgan fingerprint density at radius 3 is 2.41 bits per heavy atom. The maximum absolute atomic E-state index is 12.6. The molecule has 0 aliphatic carbocycles. The first-order chi connectivity index (χ1) is 10.2. The van der Waals surface area contributed by atoms with Crippen LogP contribution in [0.5, 0.6) is 0 Å². The zero-order valence-corrected chi connectivity index (χ0v) is 14.1. The second-order valence-electron chi connectivity index (χ2n) is 6.37. The summed E-state index contributed by atoms with van der Waals surface area (Å²) in [6, 6.07) is 5.86. The van der Waals surface area contributed by atoms with Crippen LogP contribution in [0.25, 0.3) is 0 Å². The molecule has 2 rings (SSSR count). The van der Waals surface area contributed by atoms with E-state index in [0.29, 0.717) is 12.8 Å². The van der Waals surface area contributed by atoms with Crippen LogP contribution in [-0.4, -0.2) is 36.4 Å². The van der Waals surface area contributed by atoms with Crippen molar-refractivity contribution in [2.75, 3.05) is 6.54 Å². The van der Waals surface area contributed by atoms with Crippen molar-refractivity contribution in [2.24, 2.45) is 0 Å². The zero-order valence-electron chi connectivity index (χ0n) is 13.2. The first-order valence-corrected chi connectivity index (χ1v) is 8.99. The molecule has 0 aromatic heterocycles. The van der Waals surface area contributed by atoms with Gasteiger partial charge in [0.1, 0.15) is 6.04 Å². The number of carboxylic acid groups (broad SMARTS) is 1. The second kappa shape index (κ2) is 6.01. The summed E-state index contributed by atoms with van der Waals surface area (Å²) < 4.78 is 26.4. The lowest BCUT2D eigenvalue weighted by Crippen LogP contribution is -2.40. The molecule has 1 atom stereocenters. The van der Waals surface area contributed by atoms with Gasteiger partial charge in [-0.15, -0.1) is 0 Å². The Bertz CT molecular complexity index is 649. The SMILES string of the molecule is CCC(C)(C)c1ccc(S(=O)(=O)N2CCCC2C(=O)O)cc1. The summed E-state index contributed by atoms with van der Waals surface area (Å²) in [5.41, 5.74) is 1.06. The molecule has 0 radical (unpaired) electrons. The van der Waals surface area contributed by atoms with E-state index in [0.717, 1.165) is 16.3 Å². The molecule has 1 aromatic rings. The van der Waals surface area contributed by atoms with Gasteiger partial charge in [-0.05, 0) is 42.4 Å². The number of benzene rings is 1. The average molecular weight is 325 g/mol. The molecule has 1 aromatic carbocycles. The van der Waals surface area contributed by atoms with E-state index in [4.69, 9.17) is 0 Å². The van der Waals surface area contributed by atoms with Crippen LogP contribution in [0, 0.1) is 0 Å². The van der Waals surface area contributed by atoms with Crippen LogP contribution >= 0.6 is 0 Å². The molecule has 0 bridgehead atoms. The Kier molecular flexibility index (Phi) is 4.63. The van der Waals surface area contributed by atoms with Crippen molar-refractivity contribution >= 4 is 16.0 Å². The molecule has 1 N–H and O–H groups in total. The number of rotatable bonds is 5. The fraction of sp³-hybridized carbons (Fsp3) is 0.562. The summed E-state index contributed by atoms with van der Waals surface area (Å²) in [6.07, 6.45) is 1.90. The summed E-state index contributed by atoms with van der Waals surface area (Å²) in [7, 11) is -3.75. The van der Waals surface area contributed by atoms with Crippen LogP contribution in [0.4, 0.5) is 0 Å². The van der Waals surface area contributed by atoms with Crippen molar-refractivity contribution < 1.29 is 18.3 Å². The fourth-order valence-electron chi connectivity index (χ4n) is 2.69. The largest absolute Gasteiger partial charge is 0.480 e. The summed E-state index contributed by atoms with van der Waals surface area (Å²) in [5, 5.41) is 9.17. The zero-order chi connectivity index (χ0) is 16.5. The Morgan fingerprint density at radius 2 is 1.91 bits per heavy atom. The predicted molar refractivity (Wildman–Crippen MR) is 84.3 cm³/mol. The van der Waals surface area contributed by atoms with E-state index in [2.05, 4.69) is 20.8 Å². The normalized spacial score (nSPS) is 20.2. The van der Waals surface area contributed by atoms with Gasteiger partial charge in [0.15, 0.2) is 0 Å². The van der Waals surface area contributed by atoms with Gasteiger partial charge in [-0.3, -0.25) is 4.79 Å². The fourth-order valence-corrected chi connectivity index (χ4v) is 4.34. The van der Waals surface area contributed by atoms with Crippen molar-refractivity contribution in [3.05, 3.63) is 29.8 Å². The maximum Gasteiger partial charge on any atom is 0.322 e. The lowest BCUT2D eigenvalue weighted by Gasteiger charge is -2.24. The van der Waals surface area contributed by atoms with Gasteiger partial charge < -0.3 is 5.11 Å². The standard InChI is InChI=1S/C16H23NO4S/c1-4-16(2,3)12-7-9-13(10-8-12)22(20,21)17-11-5-6-14(17)15(18)19/h7-10,14H,4-6,11H2,1-3H3,(H,18,19). The predicted octanol–water partition coefficient (Wildman–Crippen LogP) is 2.61.